The smallest absolute Gasteiger partial charge is 0.238 e. The van der Waals surface area contributed by atoms with E-state index in [0.29, 0.717) is 17.3 Å². The molecule has 0 fully saturated rings. The molecule has 134 valence electrons. The van der Waals surface area contributed by atoms with E-state index in [9.17, 15) is 4.79 Å². The zero-order valence-electron chi connectivity index (χ0n) is 14.3. The third kappa shape index (κ3) is 8.77. The van der Waals surface area contributed by atoms with Gasteiger partial charge < -0.3 is 10.2 Å². The number of hydrogen-bond acceptors (Lipinski definition) is 3. The van der Waals surface area contributed by atoms with Gasteiger partial charge in [0.15, 0.2) is 0 Å². The number of rotatable bonds is 8. The summed E-state index contributed by atoms with van der Waals surface area (Å²) in [6.07, 6.45) is 0. The molecule has 0 aliphatic heterocycles. The van der Waals surface area contributed by atoms with Crippen molar-refractivity contribution < 1.29 is 4.79 Å². The van der Waals surface area contributed by atoms with E-state index in [1.165, 1.54) is 0 Å². The van der Waals surface area contributed by atoms with Crippen LogP contribution in [0.1, 0.15) is 19.4 Å². The first-order valence-corrected chi connectivity index (χ1v) is 7.81. The van der Waals surface area contributed by atoms with Crippen molar-refractivity contribution in [2.24, 2.45) is 0 Å². The third-order valence-corrected chi connectivity index (χ3v) is 3.91. The first-order chi connectivity index (χ1) is 9.97. The fourth-order valence-electron chi connectivity index (χ4n) is 2.15. The predicted octanol–water partition coefficient (Wildman–Crippen LogP) is 3.70. The van der Waals surface area contributed by atoms with Gasteiger partial charge in [-0.1, -0.05) is 37.6 Å². The van der Waals surface area contributed by atoms with Crippen LogP contribution in [0.4, 0.5) is 5.69 Å². The summed E-state index contributed by atoms with van der Waals surface area (Å²) >= 11 is 6.12. The van der Waals surface area contributed by atoms with Crippen LogP contribution >= 0.6 is 36.4 Å². The molecule has 0 saturated heterocycles. The predicted molar refractivity (Wildman–Crippen MR) is 105 cm³/mol. The highest BCUT2D eigenvalue weighted by atomic mass is 35.5. The van der Waals surface area contributed by atoms with Gasteiger partial charge in [0.2, 0.25) is 5.91 Å². The van der Waals surface area contributed by atoms with Crippen LogP contribution in [-0.4, -0.2) is 55.5 Å². The first kappa shape index (κ1) is 24.7. The van der Waals surface area contributed by atoms with E-state index in [1.807, 2.05) is 31.0 Å². The maximum absolute atomic E-state index is 12.1. The molecule has 0 spiro atoms. The van der Waals surface area contributed by atoms with E-state index >= 15 is 0 Å². The Morgan fingerprint density at radius 1 is 1.17 bits per heavy atom. The maximum atomic E-state index is 12.1. The molecule has 0 heterocycles. The van der Waals surface area contributed by atoms with Gasteiger partial charge in [-0.2, -0.15) is 0 Å². The Morgan fingerprint density at radius 3 is 2.30 bits per heavy atom. The quantitative estimate of drug-likeness (QED) is 0.742. The highest BCUT2D eigenvalue weighted by Gasteiger charge is 2.11. The minimum Gasteiger partial charge on any atom is -0.323 e. The van der Waals surface area contributed by atoms with Crippen molar-refractivity contribution in [3.63, 3.8) is 0 Å². The number of anilines is 1. The van der Waals surface area contributed by atoms with Crippen LogP contribution in [-0.2, 0) is 4.79 Å². The second-order valence-electron chi connectivity index (χ2n) is 5.24. The molecule has 1 amide bonds. The lowest BCUT2D eigenvalue weighted by atomic mass is 10.2. The number of benzene rings is 1. The number of carbonyl (C=O) groups excluding carboxylic acids is 1. The largest absolute Gasteiger partial charge is 0.323 e. The van der Waals surface area contributed by atoms with Gasteiger partial charge in [0, 0.05) is 13.1 Å². The lowest BCUT2D eigenvalue weighted by Crippen LogP contribution is -2.37. The molecule has 0 radical (unpaired) electrons. The molecule has 1 aromatic carbocycles. The van der Waals surface area contributed by atoms with Crippen molar-refractivity contribution in [2.45, 2.75) is 20.8 Å². The van der Waals surface area contributed by atoms with Crippen LogP contribution in [0.15, 0.2) is 18.2 Å². The van der Waals surface area contributed by atoms with Gasteiger partial charge in [-0.3, -0.25) is 9.69 Å². The monoisotopic (exact) mass is 383 g/mol. The molecule has 1 aromatic rings. The molecule has 4 nitrogen and oxygen atoms in total. The summed E-state index contributed by atoms with van der Waals surface area (Å²) in [4.78, 5) is 16.5. The molecule has 0 atom stereocenters. The molecule has 0 aromatic heterocycles. The number of hydrogen-bond donors (Lipinski definition) is 1. The van der Waals surface area contributed by atoms with Crippen molar-refractivity contribution in [1.29, 1.82) is 0 Å². The van der Waals surface area contributed by atoms with Gasteiger partial charge in [-0.25, -0.2) is 0 Å². The van der Waals surface area contributed by atoms with Crippen molar-refractivity contribution in [1.82, 2.24) is 9.80 Å². The summed E-state index contributed by atoms with van der Waals surface area (Å²) in [6.45, 7) is 10.5. The van der Waals surface area contributed by atoms with Gasteiger partial charge in [-0.05, 0) is 38.7 Å². The normalized spacial score (nSPS) is 10.2. The molecule has 0 aliphatic rings. The summed E-state index contributed by atoms with van der Waals surface area (Å²) in [6, 6.07) is 5.60. The Hall–Kier alpha value is -0.520. The summed E-state index contributed by atoms with van der Waals surface area (Å²) < 4.78 is 0. The molecule has 1 N–H and O–H groups in total. The Kier molecular flexibility index (Phi) is 13.8. The first-order valence-electron chi connectivity index (χ1n) is 7.43. The number of nitrogens with zero attached hydrogens (tertiary/aromatic N) is 2. The standard InChI is InChI=1S/C16H26ClN3O.2ClH/c1-5-20(6-2)11-10-19(4)12-15(21)18-16-13(3)8-7-9-14(16)17;;/h7-9H,5-6,10-12H2,1-4H3,(H,18,21);2*1H. The molecule has 0 unspecified atom stereocenters. The number of likely N-dealkylation sites (N-methyl/N-ethyl adjacent to an activating group) is 2. The highest BCUT2D eigenvalue weighted by Crippen LogP contribution is 2.24. The molecule has 1 rings (SSSR count). The van der Waals surface area contributed by atoms with Crippen molar-refractivity contribution >= 4 is 48.0 Å². The Morgan fingerprint density at radius 2 is 1.78 bits per heavy atom. The second kappa shape index (κ2) is 12.8. The molecule has 7 heteroatoms. The third-order valence-electron chi connectivity index (χ3n) is 3.59. The average Bonchev–Trinajstić information content (AvgIpc) is 2.44. The summed E-state index contributed by atoms with van der Waals surface area (Å²) in [7, 11) is 1.96. The van der Waals surface area contributed by atoms with Crippen LogP contribution in [0.5, 0.6) is 0 Å². The molecule has 23 heavy (non-hydrogen) atoms. The molecule has 0 bridgehead atoms. The Bertz CT molecular complexity index is 448. The SMILES string of the molecule is CCN(CC)CCN(C)CC(=O)Nc1c(C)cccc1Cl.Cl.Cl. The summed E-state index contributed by atoms with van der Waals surface area (Å²) in [5.74, 6) is -0.0340. The van der Waals surface area contributed by atoms with E-state index in [-0.39, 0.29) is 30.7 Å². The minimum absolute atomic E-state index is 0. The van der Waals surface area contributed by atoms with Crippen molar-refractivity contribution in [2.75, 3.05) is 45.1 Å². The van der Waals surface area contributed by atoms with E-state index in [2.05, 4.69) is 24.1 Å². The van der Waals surface area contributed by atoms with Crippen molar-refractivity contribution in [3.05, 3.63) is 28.8 Å². The van der Waals surface area contributed by atoms with Crippen LogP contribution in [0.25, 0.3) is 0 Å². The topological polar surface area (TPSA) is 35.6 Å². The van der Waals surface area contributed by atoms with E-state index in [1.54, 1.807) is 6.07 Å². The molecular weight excluding hydrogens is 357 g/mol. The van der Waals surface area contributed by atoms with E-state index in [0.717, 1.165) is 31.7 Å². The number of amides is 1. The zero-order valence-corrected chi connectivity index (χ0v) is 16.7. The summed E-state index contributed by atoms with van der Waals surface area (Å²) in [5, 5.41) is 3.48. The van der Waals surface area contributed by atoms with Gasteiger partial charge in [0.25, 0.3) is 0 Å². The van der Waals surface area contributed by atoms with Crippen molar-refractivity contribution in [3.8, 4) is 0 Å². The van der Waals surface area contributed by atoms with Gasteiger partial charge in [-0.15, -0.1) is 24.8 Å². The number of nitrogens with one attached hydrogen (secondary N) is 1. The molecule has 0 aliphatic carbocycles. The molecular formula is C16H28Cl3N3O. The number of carbonyl (C=O) groups is 1. The average molecular weight is 385 g/mol. The fraction of sp³-hybridized carbons (Fsp3) is 0.562. The zero-order chi connectivity index (χ0) is 15.8. The van der Waals surface area contributed by atoms with Gasteiger partial charge in [0.05, 0.1) is 17.3 Å². The van der Waals surface area contributed by atoms with Crippen LogP contribution < -0.4 is 5.32 Å². The lowest BCUT2D eigenvalue weighted by Gasteiger charge is -2.22. The van der Waals surface area contributed by atoms with Crippen LogP contribution in [0, 0.1) is 6.92 Å². The minimum atomic E-state index is -0.0340. The van der Waals surface area contributed by atoms with Crippen LogP contribution in [0.3, 0.4) is 0 Å². The van der Waals surface area contributed by atoms with E-state index in [4.69, 9.17) is 11.6 Å². The number of para-hydroxylation sites is 1. The molecule has 0 saturated carbocycles. The Balaban J connectivity index is 0. The van der Waals surface area contributed by atoms with Gasteiger partial charge in [0.1, 0.15) is 0 Å². The number of halogens is 3. The highest BCUT2D eigenvalue weighted by molar-refractivity contribution is 6.33. The van der Waals surface area contributed by atoms with E-state index < -0.39 is 0 Å². The summed E-state index contributed by atoms with van der Waals surface area (Å²) in [5.41, 5.74) is 1.68. The maximum Gasteiger partial charge on any atom is 0.238 e. The number of aryl methyl sites for hydroxylation is 1. The Labute approximate surface area is 157 Å². The van der Waals surface area contributed by atoms with Gasteiger partial charge >= 0.3 is 0 Å². The lowest BCUT2D eigenvalue weighted by molar-refractivity contribution is -0.117. The fourth-order valence-corrected chi connectivity index (χ4v) is 2.41. The van der Waals surface area contributed by atoms with Crippen LogP contribution in [0.2, 0.25) is 5.02 Å². The second-order valence-corrected chi connectivity index (χ2v) is 5.65.